The summed E-state index contributed by atoms with van der Waals surface area (Å²) in [6.45, 7) is 3.60. The van der Waals surface area contributed by atoms with Gasteiger partial charge in [-0.15, -0.1) is 0 Å². The molecule has 5 nitrogen and oxygen atoms in total. The third kappa shape index (κ3) is 3.58. The van der Waals surface area contributed by atoms with Gasteiger partial charge in [0.2, 0.25) is 0 Å². The van der Waals surface area contributed by atoms with E-state index in [9.17, 15) is 9.59 Å². The number of rotatable bonds is 6. The van der Waals surface area contributed by atoms with Crippen LogP contribution in [0.5, 0.6) is 0 Å². The Morgan fingerprint density at radius 2 is 1.46 bits per heavy atom. The summed E-state index contributed by atoms with van der Waals surface area (Å²) in [4.78, 5) is 30.6. The minimum Gasteiger partial charge on any atom is -0.463 e. The Bertz CT molecular complexity index is 915. The van der Waals surface area contributed by atoms with Crippen LogP contribution in [0.25, 0.3) is 5.57 Å². The molecule has 0 bridgehead atoms. The zero-order valence-electron chi connectivity index (χ0n) is 15.6. The zero-order valence-corrected chi connectivity index (χ0v) is 16.4. The third-order valence-electron chi connectivity index (χ3n) is 4.33. The molecule has 6 heteroatoms. The number of halogens is 1. The topological polar surface area (TPSA) is 65.0 Å². The number of aliphatic imine (C=N–C) groups is 1. The lowest BCUT2D eigenvalue weighted by Gasteiger charge is -2.25. The molecule has 0 unspecified atom stereocenters. The average molecular weight is 398 g/mol. The summed E-state index contributed by atoms with van der Waals surface area (Å²) in [6.07, 6.45) is 1.73. The molecule has 144 valence electrons. The van der Waals surface area contributed by atoms with Gasteiger partial charge in [0.1, 0.15) is 0 Å². The van der Waals surface area contributed by atoms with Crippen molar-refractivity contribution in [2.75, 3.05) is 13.2 Å². The van der Waals surface area contributed by atoms with E-state index in [2.05, 4.69) is 4.99 Å². The standard InChI is InChI=1S/C22H20ClNO4/c1-3-27-20(25)22(21(26)28-4-2)18(15-8-6-5-7-9-15)14-19(24-22)16-10-12-17(23)13-11-16/h5-14H,3-4H2,1-2H3. The molecule has 1 heterocycles. The van der Waals surface area contributed by atoms with E-state index in [1.165, 1.54) is 0 Å². The molecule has 0 N–H and O–H groups in total. The van der Waals surface area contributed by atoms with Crippen LogP contribution in [0.3, 0.4) is 0 Å². The Labute approximate surface area is 168 Å². The fourth-order valence-electron chi connectivity index (χ4n) is 3.06. The van der Waals surface area contributed by atoms with Crippen LogP contribution in [-0.2, 0) is 19.1 Å². The quantitative estimate of drug-likeness (QED) is 0.544. The van der Waals surface area contributed by atoms with Crippen molar-refractivity contribution in [3.63, 3.8) is 0 Å². The Kier molecular flexibility index (Phi) is 5.95. The molecule has 0 fully saturated rings. The van der Waals surface area contributed by atoms with Crippen LogP contribution in [0, 0.1) is 0 Å². The summed E-state index contributed by atoms with van der Waals surface area (Å²) < 4.78 is 10.5. The Hall–Kier alpha value is -2.92. The molecule has 28 heavy (non-hydrogen) atoms. The molecule has 1 aliphatic heterocycles. The average Bonchev–Trinajstić information content (AvgIpc) is 3.11. The monoisotopic (exact) mass is 397 g/mol. The third-order valence-corrected chi connectivity index (χ3v) is 4.58. The minimum atomic E-state index is -1.90. The molecule has 0 aliphatic carbocycles. The maximum atomic E-state index is 13.0. The van der Waals surface area contributed by atoms with Gasteiger partial charge in [0, 0.05) is 10.6 Å². The number of allylic oxidation sites excluding steroid dienone is 1. The van der Waals surface area contributed by atoms with Gasteiger partial charge in [-0.25, -0.2) is 9.59 Å². The van der Waals surface area contributed by atoms with E-state index in [0.29, 0.717) is 21.9 Å². The zero-order chi connectivity index (χ0) is 20.1. The second-order valence-corrected chi connectivity index (χ2v) is 6.52. The van der Waals surface area contributed by atoms with Gasteiger partial charge in [-0.2, -0.15) is 0 Å². The SMILES string of the molecule is CCOC(=O)C1(C(=O)OCC)N=C(c2ccc(Cl)cc2)C=C1c1ccccc1. The van der Waals surface area contributed by atoms with E-state index < -0.39 is 17.5 Å². The number of benzene rings is 2. The molecule has 1 aliphatic rings. The lowest BCUT2D eigenvalue weighted by Crippen LogP contribution is -2.47. The first-order valence-corrected chi connectivity index (χ1v) is 9.38. The summed E-state index contributed by atoms with van der Waals surface area (Å²) in [5.74, 6) is -1.51. The van der Waals surface area contributed by atoms with Gasteiger partial charge >= 0.3 is 11.9 Å². The fraction of sp³-hybridized carbons (Fsp3) is 0.227. The number of nitrogens with zero attached hydrogens (tertiary/aromatic N) is 1. The van der Waals surface area contributed by atoms with Crippen LogP contribution in [0.2, 0.25) is 5.02 Å². The summed E-state index contributed by atoms with van der Waals surface area (Å²) in [5.41, 5.74) is 0.429. The van der Waals surface area contributed by atoms with E-state index in [1.54, 1.807) is 44.2 Å². The van der Waals surface area contributed by atoms with Gasteiger partial charge in [0.05, 0.1) is 18.9 Å². The van der Waals surface area contributed by atoms with E-state index in [0.717, 1.165) is 5.56 Å². The van der Waals surface area contributed by atoms with Crippen molar-refractivity contribution in [2.24, 2.45) is 4.99 Å². The van der Waals surface area contributed by atoms with Crippen LogP contribution >= 0.6 is 11.6 Å². The number of ether oxygens (including phenoxy) is 2. The summed E-state index contributed by atoms with van der Waals surface area (Å²) >= 11 is 5.98. The molecule has 2 aromatic rings. The van der Waals surface area contributed by atoms with Crippen LogP contribution < -0.4 is 0 Å². The first-order chi connectivity index (χ1) is 13.5. The lowest BCUT2D eigenvalue weighted by atomic mass is 9.86. The number of hydrogen-bond donors (Lipinski definition) is 0. The first kappa shape index (κ1) is 19.8. The van der Waals surface area contributed by atoms with Crippen molar-refractivity contribution in [1.29, 1.82) is 0 Å². The van der Waals surface area contributed by atoms with Crippen LogP contribution in [0.15, 0.2) is 65.7 Å². The largest absolute Gasteiger partial charge is 0.463 e. The maximum absolute atomic E-state index is 13.0. The predicted octanol–water partition coefficient (Wildman–Crippen LogP) is 4.09. The lowest BCUT2D eigenvalue weighted by molar-refractivity contribution is -0.160. The number of carbonyl (C=O) groups is 2. The second kappa shape index (κ2) is 8.40. The van der Waals surface area contributed by atoms with Crippen molar-refractivity contribution in [3.05, 3.63) is 76.8 Å². The molecular weight excluding hydrogens is 378 g/mol. The smallest absolute Gasteiger partial charge is 0.350 e. The minimum absolute atomic E-state index is 0.119. The van der Waals surface area contributed by atoms with Crippen molar-refractivity contribution in [2.45, 2.75) is 19.4 Å². The maximum Gasteiger partial charge on any atom is 0.350 e. The first-order valence-electron chi connectivity index (χ1n) is 9.00. The van der Waals surface area contributed by atoms with E-state index in [-0.39, 0.29) is 13.2 Å². The highest BCUT2D eigenvalue weighted by molar-refractivity contribution is 6.31. The second-order valence-electron chi connectivity index (χ2n) is 6.08. The molecule has 2 aromatic carbocycles. The molecular formula is C22H20ClNO4. The summed E-state index contributed by atoms with van der Waals surface area (Å²) in [5, 5.41) is 0.580. The Morgan fingerprint density at radius 1 is 0.893 bits per heavy atom. The van der Waals surface area contributed by atoms with E-state index in [4.69, 9.17) is 21.1 Å². The van der Waals surface area contributed by atoms with Gasteiger partial charge in [-0.05, 0) is 43.2 Å². The highest BCUT2D eigenvalue weighted by Crippen LogP contribution is 2.39. The molecule has 0 saturated carbocycles. The van der Waals surface area contributed by atoms with Gasteiger partial charge in [0.15, 0.2) is 0 Å². The van der Waals surface area contributed by atoms with Gasteiger partial charge in [0.25, 0.3) is 5.54 Å². The van der Waals surface area contributed by atoms with Gasteiger partial charge < -0.3 is 9.47 Å². The van der Waals surface area contributed by atoms with Crippen LogP contribution in [-0.4, -0.2) is 36.4 Å². The molecule has 0 spiro atoms. The number of hydrogen-bond acceptors (Lipinski definition) is 5. The molecule has 0 amide bonds. The molecule has 0 aromatic heterocycles. The highest BCUT2D eigenvalue weighted by Gasteiger charge is 2.55. The highest BCUT2D eigenvalue weighted by atomic mass is 35.5. The molecule has 0 saturated heterocycles. The molecule has 0 atom stereocenters. The Morgan fingerprint density at radius 3 is 2.00 bits per heavy atom. The molecule has 3 rings (SSSR count). The van der Waals surface area contributed by atoms with Crippen LogP contribution in [0.4, 0.5) is 0 Å². The summed E-state index contributed by atoms with van der Waals surface area (Å²) in [7, 11) is 0. The van der Waals surface area contributed by atoms with Crippen molar-refractivity contribution in [3.8, 4) is 0 Å². The predicted molar refractivity (Wildman–Crippen MR) is 108 cm³/mol. The van der Waals surface area contributed by atoms with Crippen LogP contribution in [0.1, 0.15) is 25.0 Å². The summed E-state index contributed by atoms with van der Waals surface area (Å²) in [6, 6.07) is 16.2. The van der Waals surface area contributed by atoms with Gasteiger partial charge in [-0.1, -0.05) is 54.1 Å². The van der Waals surface area contributed by atoms with Crippen molar-refractivity contribution >= 4 is 34.8 Å². The molecule has 0 radical (unpaired) electrons. The normalized spacial score (nSPS) is 14.8. The fourth-order valence-corrected chi connectivity index (χ4v) is 3.18. The number of esters is 2. The van der Waals surface area contributed by atoms with Gasteiger partial charge in [-0.3, -0.25) is 4.99 Å². The Balaban J connectivity index is 2.22. The van der Waals surface area contributed by atoms with Crippen molar-refractivity contribution in [1.82, 2.24) is 0 Å². The van der Waals surface area contributed by atoms with E-state index >= 15 is 0 Å². The van der Waals surface area contributed by atoms with Crippen molar-refractivity contribution < 1.29 is 19.1 Å². The van der Waals surface area contributed by atoms with E-state index in [1.807, 2.05) is 30.3 Å². The number of carbonyl (C=O) groups excluding carboxylic acids is 2.